The molecule has 0 amide bonds. The SMILES string of the molecule is COCC(=O)[C@@]1(O)CC[C@H]2[C@@H]3CCC4=CC(=O)C[C@@H](c5ccc(N(C)C)cc5)C4=C3CC[C@@]21C. The van der Waals surface area contributed by atoms with Gasteiger partial charge in [-0.1, -0.05) is 24.6 Å². The zero-order valence-electron chi connectivity index (χ0n) is 20.9. The van der Waals surface area contributed by atoms with Crippen LogP contribution in [0.2, 0.25) is 0 Å². The first-order valence-electron chi connectivity index (χ1n) is 12.7. The van der Waals surface area contributed by atoms with Crippen LogP contribution in [0.1, 0.15) is 63.4 Å². The van der Waals surface area contributed by atoms with Crippen molar-refractivity contribution in [1.82, 2.24) is 0 Å². The number of nitrogens with zero attached hydrogens (tertiary/aromatic N) is 1. The van der Waals surface area contributed by atoms with Crippen LogP contribution in [0, 0.1) is 17.3 Å². The Morgan fingerprint density at radius 2 is 1.88 bits per heavy atom. The minimum Gasteiger partial charge on any atom is -0.381 e. The molecule has 2 fully saturated rings. The lowest BCUT2D eigenvalue weighted by Gasteiger charge is -2.51. The van der Waals surface area contributed by atoms with Crippen LogP contribution in [0.25, 0.3) is 0 Å². The van der Waals surface area contributed by atoms with E-state index >= 15 is 0 Å². The summed E-state index contributed by atoms with van der Waals surface area (Å²) in [5, 5.41) is 11.6. The van der Waals surface area contributed by atoms with Gasteiger partial charge in [0.05, 0.1) is 0 Å². The summed E-state index contributed by atoms with van der Waals surface area (Å²) >= 11 is 0. The number of hydrogen-bond acceptors (Lipinski definition) is 5. The van der Waals surface area contributed by atoms with Crippen LogP contribution in [0.3, 0.4) is 0 Å². The molecule has 0 radical (unpaired) electrons. The number of fused-ring (bicyclic) bond motifs is 4. The number of Topliss-reactive ketones (excluding diaryl/α,β-unsaturated/α-hetero) is 1. The Hall–Kier alpha value is -2.24. The molecule has 2 saturated carbocycles. The van der Waals surface area contributed by atoms with Crippen LogP contribution in [-0.4, -0.2) is 50.1 Å². The van der Waals surface area contributed by atoms with Crippen molar-refractivity contribution < 1.29 is 19.4 Å². The van der Waals surface area contributed by atoms with Crippen molar-refractivity contribution in [2.75, 3.05) is 32.7 Å². The number of ketones is 2. The fourth-order valence-corrected chi connectivity index (χ4v) is 7.65. The van der Waals surface area contributed by atoms with Gasteiger partial charge in [-0.15, -0.1) is 0 Å². The molecular formula is C29H37NO4. The molecule has 5 rings (SSSR count). The predicted molar refractivity (Wildman–Crippen MR) is 133 cm³/mol. The van der Waals surface area contributed by atoms with Gasteiger partial charge in [-0.05, 0) is 85.3 Å². The normalized spacial score (nSPS) is 34.8. The third-order valence-electron chi connectivity index (χ3n) is 9.48. The zero-order valence-corrected chi connectivity index (χ0v) is 20.9. The summed E-state index contributed by atoms with van der Waals surface area (Å²) < 4.78 is 5.12. The quantitative estimate of drug-likeness (QED) is 0.691. The van der Waals surface area contributed by atoms with Gasteiger partial charge in [0.1, 0.15) is 12.2 Å². The van der Waals surface area contributed by atoms with Crippen LogP contribution < -0.4 is 4.90 Å². The number of rotatable bonds is 5. The molecule has 0 unspecified atom stereocenters. The summed E-state index contributed by atoms with van der Waals surface area (Å²) in [5.41, 5.74) is 4.72. The second-order valence-electron chi connectivity index (χ2n) is 11.2. The third-order valence-corrected chi connectivity index (χ3v) is 9.48. The molecule has 182 valence electrons. The van der Waals surface area contributed by atoms with Crippen LogP contribution in [0.5, 0.6) is 0 Å². The second kappa shape index (κ2) is 8.46. The standard InChI is InChI=1S/C29H37NO4/c1-28-13-11-23-22(25(28)12-14-29(28,33)26(32)17-34-4)10-7-19-15-21(31)16-24(27(19)23)18-5-8-20(9-6-18)30(2)3/h5-6,8-9,15,22,24-25,33H,7,10-14,16-17H2,1-4H3/t22-,24+,25+,28+,29+/m1/s1. The fourth-order valence-electron chi connectivity index (χ4n) is 7.65. The highest BCUT2D eigenvalue weighted by Gasteiger charge is 2.63. The lowest BCUT2D eigenvalue weighted by molar-refractivity contribution is -0.158. The number of allylic oxidation sites excluding steroid dienone is 4. The van der Waals surface area contributed by atoms with E-state index in [0.717, 1.165) is 37.8 Å². The summed E-state index contributed by atoms with van der Waals surface area (Å²) in [6.45, 7) is 2.10. The molecule has 0 aromatic heterocycles. The topological polar surface area (TPSA) is 66.8 Å². The number of benzene rings is 1. The predicted octanol–water partition coefficient (Wildman–Crippen LogP) is 4.60. The Labute approximate surface area is 202 Å². The lowest BCUT2D eigenvalue weighted by atomic mass is 9.53. The first-order chi connectivity index (χ1) is 16.2. The van der Waals surface area contributed by atoms with E-state index in [1.165, 1.54) is 29.4 Å². The number of aliphatic hydroxyl groups is 1. The first-order valence-corrected chi connectivity index (χ1v) is 12.7. The molecule has 1 N–H and O–H groups in total. The summed E-state index contributed by atoms with van der Waals surface area (Å²) in [6.07, 6.45) is 7.38. The Kier molecular flexibility index (Phi) is 5.84. The lowest BCUT2D eigenvalue weighted by Crippen LogP contribution is -2.55. The van der Waals surface area contributed by atoms with Gasteiger partial charge in [0.25, 0.3) is 0 Å². The van der Waals surface area contributed by atoms with Crippen LogP contribution in [-0.2, 0) is 14.3 Å². The molecule has 0 saturated heterocycles. The van der Waals surface area contributed by atoms with E-state index in [4.69, 9.17) is 4.74 Å². The Morgan fingerprint density at radius 1 is 1.15 bits per heavy atom. The summed E-state index contributed by atoms with van der Waals surface area (Å²) in [4.78, 5) is 27.7. The highest BCUT2D eigenvalue weighted by atomic mass is 16.5. The van der Waals surface area contributed by atoms with E-state index in [1.807, 2.05) is 20.2 Å². The van der Waals surface area contributed by atoms with Gasteiger partial charge in [-0.2, -0.15) is 0 Å². The van der Waals surface area contributed by atoms with Gasteiger partial charge < -0.3 is 14.7 Å². The van der Waals surface area contributed by atoms with Crippen LogP contribution >= 0.6 is 0 Å². The molecule has 4 aliphatic rings. The van der Waals surface area contributed by atoms with E-state index < -0.39 is 11.0 Å². The van der Waals surface area contributed by atoms with Crippen molar-refractivity contribution in [3.63, 3.8) is 0 Å². The molecule has 34 heavy (non-hydrogen) atoms. The molecule has 1 aromatic rings. The van der Waals surface area contributed by atoms with E-state index in [9.17, 15) is 14.7 Å². The number of hydrogen-bond donors (Lipinski definition) is 1. The van der Waals surface area contributed by atoms with Crippen molar-refractivity contribution in [2.45, 2.75) is 63.4 Å². The van der Waals surface area contributed by atoms with Crippen molar-refractivity contribution in [3.8, 4) is 0 Å². The molecule has 5 atom stereocenters. The van der Waals surface area contributed by atoms with Crippen molar-refractivity contribution >= 4 is 17.3 Å². The highest BCUT2D eigenvalue weighted by Crippen LogP contribution is 2.64. The monoisotopic (exact) mass is 463 g/mol. The summed E-state index contributed by atoms with van der Waals surface area (Å²) in [7, 11) is 5.59. The molecule has 0 aliphatic heterocycles. The van der Waals surface area contributed by atoms with E-state index in [0.29, 0.717) is 18.8 Å². The number of methoxy groups -OCH3 is 1. The summed E-state index contributed by atoms with van der Waals surface area (Å²) in [6, 6.07) is 8.63. The number of ether oxygens (including phenoxy) is 1. The van der Waals surface area contributed by atoms with E-state index in [1.54, 1.807) is 0 Å². The van der Waals surface area contributed by atoms with Gasteiger partial charge in [0.2, 0.25) is 0 Å². The van der Waals surface area contributed by atoms with E-state index in [-0.39, 0.29) is 30.0 Å². The van der Waals surface area contributed by atoms with Gasteiger partial charge in [-0.3, -0.25) is 9.59 Å². The average molecular weight is 464 g/mol. The van der Waals surface area contributed by atoms with Crippen molar-refractivity contribution in [1.29, 1.82) is 0 Å². The molecule has 5 nitrogen and oxygen atoms in total. The van der Waals surface area contributed by atoms with Crippen molar-refractivity contribution in [2.24, 2.45) is 17.3 Å². The molecule has 0 bridgehead atoms. The smallest absolute Gasteiger partial charge is 0.190 e. The molecular weight excluding hydrogens is 426 g/mol. The molecule has 4 aliphatic carbocycles. The van der Waals surface area contributed by atoms with Gasteiger partial charge in [-0.25, -0.2) is 0 Å². The largest absolute Gasteiger partial charge is 0.381 e. The van der Waals surface area contributed by atoms with Crippen LogP contribution in [0.4, 0.5) is 5.69 Å². The average Bonchev–Trinajstić information content (AvgIpc) is 3.10. The Morgan fingerprint density at radius 3 is 2.56 bits per heavy atom. The minimum absolute atomic E-state index is 0.0303. The van der Waals surface area contributed by atoms with Crippen molar-refractivity contribution in [3.05, 3.63) is 52.6 Å². The molecule has 5 heteroatoms. The highest BCUT2D eigenvalue weighted by molar-refractivity contribution is 5.94. The van der Waals surface area contributed by atoms with Crippen LogP contribution in [0.15, 0.2) is 47.1 Å². The third kappa shape index (κ3) is 3.43. The maximum atomic E-state index is 12.9. The molecule has 1 aromatic carbocycles. The maximum absolute atomic E-state index is 12.9. The second-order valence-corrected chi connectivity index (χ2v) is 11.2. The number of carbonyl (C=O) groups is 2. The Balaban J connectivity index is 1.54. The fraction of sp³-hybridized carbons (Fsp3) is 0.586. The van der Waals surface area contributed by atoms with E-state index in [2.05, 4.69) is 36.1 Å². The zero-order chi connectivity index (χ0) is 24.3. The maximum Gasteiger partial charge on any atom is 0.190 e. The number of carbonyl (C=O) groups excluding carboxylic acids is 2. The Bertz CT molecular complexity index is 1070. The molecule has 0 heterocycles. The summed E-state index contributed by atoms with van der Waals surface area (Å²) in [5.74, 6) is 0.800. The van der Waals surface area contributed by atoms with Gasteiger partial charge >= 0.3 is 0 Å². The minimum atomic E-state index is -1.30. The number of anilines is 1. The molecule has 0 spiro atoms. The van der Waals surface area contributed by atoms with Gasteiger partial charge in [0, 0.05) is 44.6 Å². The first kappa shape index (κ1) is 23.5. The van der Waals surface area contributed by atoms with Gasteiger partial charge in [0.15, 0.2) is 11.6 Å².